The number of benzene rings is 2. The molecule has 0 unspecified atom stereocenters. The second-order valence-electron chi connectivity index (χ2n) is 9.88. The highest BCUT2D eigenvalue weighted by atomic mass is 16.3. The summed E-state index contributed by atoms with van der Waals surface area (Å²) in [5.74, 6) is -0.742. The van der Waals surface area contributed by atoms with Crippen molar-refractivity contribution < 1.29 is 40.9 Å². The molecule has 2 heterocycles. The Balaban J connectivity index is 1.30. The highest BCUT2D eigenvalue weighted by Crippen LogP contribution is 2.45. The zero-order valence-electron chi connectivity index (χ0n) is 20.5. The first-order valence-electron chi connectivity index (χ1n) is 12.4. The minimum atomic E-state index is -0.207. The topological polar surface area (TPSA) is 172 Å². The molecule has 200 valence electrons. The normalized spacial score (nSPS) is 17.6. The number of aromatic hydroxyl groups is 8. The fourth-order valence-corrected chi connectivity index (χ4v) is 5.47. The lowest BCUT2D eigenvalue weighted by molar-refractivity contribution is 0.220. The SMILES string of the molecule is Oc1ccc(Cc2cc(O)n(C3CCC(n4c(O)cc(Cc5ccc(O)cc5O)c4O)CC3)c2O)c(O)c1. The van der Waals surface area contributed by atoms with E-state index in [0.29, 0.717) is 47.9 Å². The molecule has 1 aliphatic rings. The number of rotatable bonds is 6. The Morgan fingerprint density at radius 2 is 0.868 bits per heavy atom. The third kappa shape index (κ3) is 4.60. The molecule has 5 rings (SSSR count). The molecule has 0 saturated heterocycles. The zero-order valence-corrected chi connectivity index (χ0v) is 20.5. The molecule has 0 radical (unpaired) electrons. The molecule has 2 aromatic carbocycles. The molecule has 0 spiro atoms. The van der Waals surface area contributed by atoms with Crippen LogP contribution in [0.25, 0.3) is 0 Å². The van der Waals surface area contributed by atoms with E-state index in [1.807, 2.05) is 0 Å². The molecule has 1 fully saturated rings. The van der Waals surface area contributed by atoms with Gasteiger partial charge in [0.05, 0.1) is 0 Å². The van der Waals surface area contributed by atoms with Crippen LogP contribution in [0.2, 0.25) is 0 Å². The Labute approximate surface area is 218 Å². The van der Waals surface area contributed by atoms with Gasteiger partial charge in [0.2, 0.25) is 0 Å². The Kier molecular flexibility index (Phi) is 6.40. The average Bonchev–Trinajstić information content (AvgIpc) is 3.30. The van der Waals surface area contributed by atoms with E-state index in [1.165, 1.54) is 45.5 Å². The van der Waals surface area contributed by atoms with Gasteiger partial charge in [-0.2, -0.15) is 0 Å². The van der Waals surface area contributed by atoms with E-state index in [9.17, 15) is 40.9 Å². The molecule has 0 bridgehead atoms. The Morgan fingerprint density at radius 1 is 0.500 bits per heavy atom. The van der Waals surface area contributed by atoms with E-state index in [2.05, 4.69) is 0 Å². The molecule has 1 aliphatic carbocycles. The molecular formula is C28H30N2O8. The van der Waals surface area contributed by atoms with Gasteiger partial charge in [0.25, 0.3) is 0 Å². The maximum absolute atomic E-state index is 10.9. The van der Waals surface area contributed by atoms with E-state index in [1.54, 1.807) is 12.1 Å². The number of aromatic nitrogens is 2. The third-order valence-electron chi connectivity index (χ3n) is 7.43. The van der Waals surface area contributed by atoms with Gasteiger partial charge in [-0.05, 0) is 48.9 Å². The number of hydrogen-bond acceptors (Lipinski definition) is 8. The van der Waals surface area contributed by atoms with Crippen molar-refractivity contribution >= 4 is 0 Å². The van der Waals surface area contributed by atoms with E-state index in [0.717, 1.165) is 0 Å². The fraction of sp³-hybridized carbons (Fsp3) is 0.286. The second kappa shape index (κ2) is 9.70. The average molecular weight is 523 g/mol. The van der Waals surface area contributed by atoms with E-state index in [4.69, 9.17) is 0 Å². The summed E-state index contributed by atoms with van der Waals surface area (Å²) in [6.07, 6.45) is 2.59. The summed E-state index contributed by atoms with van der Waals surface area (Å²) in [5.41, 5.74) is 1.87. The highest BCUT2D eigenvalue weighted by Gasteiger charge is 2.30. The molecule has 0 amide bonds. The lowest BCUT2D eigenvalue weighted by Crippen LogP contribution is -2.20. The lowest BCUT2D eigenvalue weighted by Gasteiger charge is -2.31. The van der Waals surface area contributed by atoms with Crippen molar-refractivity contribution in [2.75, 3.05) is 0 Å². The minimum absolute atomic E-state index is 0.0713. The molecule has 1 saturated carbocycles. The number of phenols is 4. The summed E-state index contributed by atoms with van der Waals surface area (Å²) in [6.45, 7) is 0. The van der Waals surface area contributed by atoms with Gasteiger partial charge in [-0.3, -0.25) is 9.13 Å². The summed E-state index contributed by atoms with van der Waals surface area (Å²) in [5, 5.41) is 82.1. The van der Waals surface area contributed by atoms with Crippen LogP contribution in [-0.4, -0.2) is 50.0 Å². The van der Waals surface area contributed by atoms with Gasteiger partial charge >= 0.3 is 0 Å². The standard InChI is InChI=1S/C28H30N2O8/c31-21-7-1-15(23(33)13-21)9-17-11-25(35)29(27(17)37)19-3-5-20(6-4-19)30-26(36)12-18(28(30)38)10-16-2-8-22(32)14-24(16)34/h1-2,7-8,11-14,19-20,31-38H,3-6,9-10H2. The van der Waals surface area contributed by atoms with Gasteiger partial charge in [0.1, 0.15) is 23.0 Å². The Morgan fingerprint density at radius 3 is 1.21 bits per heavy atom. The van der Waals surface area contributed by atoms with E-state index < -0.39 is 0 Å². The predicted octanol–water partition coefficient (Wildman–Crippen LogP) is 4.47. The van der Waals surface area contributed by atoms with Crippen molar-refractivity contribution in [1.29, 1.82) is 0 Å². The van der Waals surface area contributed by atoms with E-state index in [-0.39, 0.29) is 71.4 Å². The second-order valence-corrected chi connectivity index (χ2v) is 9.88. The maximum Gasteiger partial charge on any atom is 0.197 e. The molecule has 10 nitrogen and oxygen atoms in total. The Hall–Kier alpha value is -4.60. The van der Waals surface area contributed by atoms with Gasteiger partial charge in [-0.1, -0.05) is 12.1 Å². The van der Waals surface area contributed by atoms with Crippen LogP contribution in [0.5, 0.6) is 46.5 Å². The molecule has 8 N–H and O–H groups in total. The van der Waals surface area contributed by atoms with Crippen molar-refractivity contribution in [2.24, 2.45) is 0 Å². The largest absolute Gasteiger partial charge is 0.508 e. The van der Waals surface area contributed by atoms with Crippen LogP contribution in [0.15, 0.2) is 48.5 Å². The maximum atomic E-state index is 10.9. The van der Waals surface area contributed by atoms with Crippen LogP contribution in [0.4, 0.5) is 0 Å². The number of nitrogens with zero attached hydrogens (tertiary/aromatic N) is 2. The lowest BCUT2D eigenvalue weighted by atomic mass is 9.90. The molecular weight excluding hydrogens is 492 g/mol. The number of hydrogen-bond donors (Lipinski definition) is 8. The van der Waals surface area contributed by atoms with Crippen LogP contribution in [0.1, 0.15) is 60.0 Å². The quantitative estimate of drug-likeness (QED) is 0.183. The van der Waals surface area contributed by atoms with Crippen molar-refractivity contribution in [3.8, 4) is 46.5 Å². The van der Waals surface area contributed by atoms with E-state index >= 15 is 0 Å². The summed E-state index contributed by atoms with van der Waals surface area (Å²) in [6, 6.07) is 10.9. The van der Waals surface area contributed by atoms with Crippen molar-refractivity contribution in [3.05, 3.63) is 70.8 Å². The third-order valence-corrected chi connectivity index (χ3v) is 7.43. The minimum Gasteiger partial charge on any atom is -0.508 e. The smallest absolute Gasteiger partial charge is 0.197 e. The van der Waals surface area contributed by atoms with Gasteiger partial charge in [-0.25, -0.2) is 0 Å². The van der Waals surface area contributed by atoms with Crippen LogP contribution in [0.3, 0.4) is 0 Å². The van der Waals surface area contributed by atoms with Gasteiger partial charge < -0.3 is 40.9 Å². The molecule has 0 atom stereocenters. The van der Waals surface area contributed by atoms with Crippen LogP contribution in [-0.2, 0) is 12.8 Å². The molecule has 4 aromatic rings. The zero-order chi connectivity index (χ0) is 27.1. The fourth-order valence-electron chi connectivity index (χ4n) is 5.47. The molecule has 38 heavy (non-hydrogen) atoms. The Bertz CT molecular complexity index is 1370. The highest BCUT2D eigenvalue weighted by molar-refractivity contribution is 5.47. The first-order chi connectivity index (χ1) is 18.1. The summed E-state index contributed by atoms with van der Waals surface area (Å²) < 4.78 is 2.94. The summed E-state index contributed by atoms with van der Waals surface area (Å²) in [7, 11) is 0. The van der Waals surface area contributed by atoms with Gasteiger partial charge in [0, 0.05) is 60.3 Å². The molecule has 2 aromatic heterocycles. The molecule has 0 aliphatic heterocycles. The van der Waals surface area contributed by atoms with Crippen molar-refractivity contribution in [2.45, 2.75) is 50.6 Å². The van der Waals surface area contributed by atoms with Crippen LogP contribution in [0, 0.1) is 0 Å². The monoisotopic (exact) mass is 522 g/mol. The molecule has 10 heteroatoms. The number of phenolic OH excluding ortho intramolecular Hbond substituents is 4. The summed E-state index contributed by atoms with van der Waals surface area (Å²) >= 11 is 0. The first-order valence-corrected chi connectivity index (χ1v) is 12.4. The van der Waals surface area contributed by atoms with Crippen molar-refractivity contribution in [1.82, 2.24) is 9.13 Å². The van der Waals surface area contributed by atoms with Crippen LogP contribution >= 0.6 is 0 Å². The van der Waals surface area contributed by atoms with Gasteiger partial charge in [0.15, 0.2) is 23.5 Å². The van der Waals surface area contributed by atoms with Crippen LogP contribution < -0.4 is 0 Å². The first kappa shape index (κ1) is 25.1. The van der Waals surface area contributed by atoms with Crippen molar-refractivity contribution in [3.63, 3.8) is 0 Å². The summed E-state index contributed by atoms with van der Waals surface area (Å²) in [4.78, 5) is 0. The van der Waals surface area contributed by atoms with Gasteiger partial charge in [-0.15, -0.1) is 0 Å². The predicted molar refractivity (Wildman–Crippen MR) is 137 cm³/mol.